The Kier molecular flexibility index (Phi) is 7.88. The second kappa shape index (κ2) is 9.93. The number of nitrogens with one attached hydrogen (secondary N) is 1. The summed E-state index contributed by atoms with van der Waals surface area (Å²) in [6.45, 7) is 3.88. The maximum atomic E-state index is 14.1. The summed E-state index contributed by atoms with van der Waals surface area (Å²) in [4.78, 5) is 12.4. The number of nitrogens with zero attached hydrogens (tertiary/aromatic N) is 1. The number of sulfonamides is 1. The van der Waals surface area contributed by atoms with Crippen molar-refractivity contribution in [1.29, 1.82) is 0 Å². The molecule has 0 saturated heterocycles. The highest BCUT2D eigenvalue weighted by molar-refractivity contribution is 7.98. The lowest BCUT2D eigenvalue weighted by Gasteiger charge is -2.28. The number of para-hydroxylation sites is 1. The standard InChI is InChI=1S/C20H25FN2O3S2/c1-15-8-10-17(11-9-15)14-27-13-12-22-20(24)16(2)23(28(3,25)26)19-7-5-4-6-18(19)21/h4-11,16H,12-14H2,1-3H3,(H,22,24). The van der Waals surface area contributed by atoms with Gasteiger partial charge in [0, 0.05) is 18.1 Å². The predicted molar refractivity (Wildman–Crippen MR) is 114 cm³/mol. The van der Waals surface area contributed by atoms with Crippen LogP contribution in [0.15, 0.2) is 48.5 Å². The van der Waals surface area contributed by atoms with Gasteiger partial charge >= 0.3 is 0 Å². The maximum Gasteiger partial charge on any atom is 0.243 e. The van der Waals surface area contributed by atoms with E-state index in [1.165, 1.54) is 42.3 Å². The predicted octanol–water partition coefficient (Wildman–Crippen LogP) is 3.34. The summed E-state index contributed by atoms with van der Waals surface area (Å²) in [5.41, 5.74) is 2.28. The van der Waals surface area contributed by atoms with E-state index in [4.69, 9.17) is 0 Å². The molecule has 0 heterocycles. The summed E-state index contributed by atoms with van der Waals surface area (Å²) in [5.74, 6) is 0.354. The van der Waals surface area contributed by atoms with Gasteiger partial charge in [-0.15, -0.1) is 0 Å². The Morgan fingerprint density at radius 1 is 1.18 bits per heavy atom. The highest BCUT2D eigenvalue weighted by Crippen LogP contribution is 2.24. The molecular formula is C20H25FN2O3S2. The first-order valence-corrected chi connectivity index (χ1v) is 11.9. The fraction of sp³-hybridized carbons (Fsp3) is 0.350. The normalized spacial score (nSPS) is 12.4. The molecule has 2 rings (SSSR count). The van der Waals surface area contributed by atoms with Crippen molar-refractivity contribution in [2.75, 3.05) is 22.9 Å². The molecule has 1 unspecified atom stereocenters. The monoisotopic (exact) mass is 424 g/mol. The fourth-order valence-electron chi connectivity index (χ4n) is 2.68. The van der Waals surface area contributed by atoms with Crippen molar-refractivity contribution in [2.24, 2.45) is 0 Å². The van der Waals surface area contributed by atoms with Crippen LogP contribution in [-0.2, 0) is 20.6 Å². The molecule has 8 heteroatoms. The number of anilines is 1. The van der Waals surface area contributed by atoms with E-state index >= 15 is 0 Å². The van der Waals surface area contributed by atoms with Crippen molar-refractivity contribution in [2.45, 2.75) is 25.6 Å². The van der Waals surface area contributed by atoms with Crippen LogP contribution in [-0.4, -0.2) is 38.9 Å². The maximum absolute atomic E-state index is 14.1. The third-order valence-corrected chi connectivity index (χ3v) is 6.37. The molecule has 0 fully saturated rings. The van der Waals surface area contributed by atoms with Gasteiger partial charge in [-0.3, -0.25) is 9.10 Å². The molecule has 0 radical (unpaired) electrons. The molecule has 1 N–H and O–H groups in total. The van der Waals surface area contributed by atoms with E-state index in [-0.39, 0.29) is 5.69 Å². The molecule has 0 aromatic heterocycles. The number of carbonyl (C=O) groups excluding carboxylic acids is 1. The zero-order valence-corrected chi connectivity index (χ0v) is 17.8. The van der Waals surface area contributed by atoms with Crippen molar-refractivity contribution in [3.63, 3.8) is 0 Å². The van der Waals surface area contributed by atoms with E-state index in [0.717, 1.165) is 16.3 Å². The van der Waals surface area contributed by atoms with Crippen molar-refractivity contribution in [3.8, 4) is 0 Å². The number of halogens is 1. The molecule has 0 bridgehead atoms. The summed E-state index contributed by atoms with van der Waals surface area (Å²) < 4.78 is 39.2. The zero-order valence-electron chi connectivity index (χ0n) is 16.2. The van der Waals surface area contributed by atoms with Gasteiger partial charge in [-0.2, -0.15) is 11.8 Å². The van der Waals surface area contributed by atoms with Gasteiger partial charge in [-0.1, -0.05) is 42.0 Å². The Morgan fingerprint density at radius 2 is 1.82 bits per heavy atom. The van der Waals surface area contributed by atoms with Crippen molar-refractivity contribution >= 4 is 33.4 Å². The van der Waals surface area contributed by atoms with Crippen LogP contribution in [0, 0.1) is 12.7 Å². The third-order valence-electron chi connectivity index (χ3n) is 4.11. The summed E-state index contributed by atoms with van der Waals surface area (Å²) >= 11 is 1.67. The first-order chi connectivity index (χ1) is 13.2. The van der Waals surface area contributed by atoms with Crippen LogP contribution in [0.2, 0.25) is 0 Å². The molecule has 0 aliphatic carbocycles. The van der Waals surface area contributed by atoms with Gasteiger partial charge in [0.2, 0.25) is 15.9 Å². The Labute approximate surface area is 170 Å². The van der Waals surface area contributed by atoms with E-state index < -0.39 is 27.8 Å². The molecular weight excluding hydrogens is 399 g/mol. The third kappa shape index (κ3) is 6.24. The van der Waals surface area contributed by atoms with Crippen LogP contribution in [0.5, 0.6) is 0 Å². The van der Waals surface area contributed by atoms with Gasteiger partial charge in [0.05, 0.1) is 11.9 Å². The topological polar surface area (TPSA) is 66.5 Å². The summed E-state index contributed by atoms with van der Waals surface area (Å²) in [5, 5.41) is 2.73. The minimum absolute atomic E-state index is 0.138. The zero-order chi connectivity index (χ0) is 20.7. The number of hydrogen-bond acceptors (Lipinski definition) is 4. The molecule has 152 valence electrons. The summed E-state index contributed by atoms with van der Waals surface area (Å²) in [7, 11) is -3.83. The highest BCUT2D eigenvalue weighted by atomic mass is 32.2. The fourth-order valence-corrected chi connectivity index (χ4v) is 4.67. The van der Waals surface area contributed by atoms with Crippen molar-refractivity contribution in [1.82, 2.24) is 5.32 Å². The number of rotatable bonds is 9. The number of aryl methyl sites for hydroxylation is 1. The number of carbonyl (C=O) groups is 1. The lowest BCUT2D eigenvalue weighted by Crippen LogP contribution is -2.48. The minimum Gasteiger partial charge on any atom is -0.353 e. The Balaban J connectivity index is 1.90. The lowest BCUT2D eigenvalue weighted by atomic mass is 10.2. The summed E-state index contributed by atoms with van der Waals surface area (Å²) in [6.07, 6.45) is 0.959. The van der Waals surface area contributed by atoms with Gasteiger partial charge in [0.15, 0.2) is 0 Å². The van der Waals surface area contributed by atoms with Crippen LogP contribution < -0.4 is 9.62 Å². The average Bonchev–Trinajstić information content (AvgIpc) is 2.63. The largest absolute Gasteiger partial charge is 0.353 e. The van der Waals surface area contributed by atoms with E-state index in [0.29, 0.717) is 12.3 Å². The van der Waals surface area contributed by atoms with Crippen LogP contribution in [0.25, 0.3) is 0 Å². The number of thioether (sulfide) groups is 1. The number of amides is 1. The van der Waals surface area contributed by atoms with Gasteiger partial charge in [0.1, 0.15) is 11.9 Å². The van der Waals surface area contributed by atoms with Crippen LogP contribution in [0.4, 0.5) is 10.1 Å². The molecule has 0 aliphatic rings. The van der Waals surface area contributed by atoms with Crippen LogP contribution in [0.3, 0.4) is 0 Å². The second-order valence-electron chi connectivity index (χ2n) is 6.52. The smallest absolute Gasteiger partial charge is 0.243 e. The average molecular weight is 425 g/mol. The Hall–Kier alpha value is -2.06. The number of hydrogen-bond donors (Lipinski definition) is 1. The van der Waals surface area contributed by atoms with Crippen molar-refractivity contribution in [3.05, 3.63) is 65.5 Å². The van der Waals surface area contributed by atoms with Crippen LogP contribution >= 0.6 is 11.8 Å². The molecule has 1 atom stereocenters. The molecule has 5 nitrogen and oxygen atoms in total. The highest BCUT2D eigenvalue weighted by Gasteiger charge is 2.30. The van der Waals surface area contributed by atoms with E-state index in [2.05, 4.69) is 29.6 Å². The van der Waals surface area contributed by atoms with Gasteiger partial charge in [0.25, 0.3) is 0 Å². The van der Waals surface area contributed by atoms with Gasteiger partial charge in [-0.25, -0.2) is 12.8 Å². The molecule has 0 spiro atoms. The molecule has 0 saturated carbocycles. The lowest BCUT2D eigenvalue weighted by molar-refractivity contribution is -0.121. The molecule has 0 aliphatic heterocycles. The minimum atomic E-state index is -3.83. The Bertz CT molecular complexity index is 902. The van der Waals surface area contributed by atoms with E-state index in [1.54, 1.807) is 11.8 Å². The van der Waals surface area contributed by atoms with E-state index in [1.807, 2.05) is 6.92 Å². The van der Waals surface area contributed by atoms with Gasteiger partial charge < -0.3 is 5.32 Å². The second-order valence-corrected chi connectivity index (χ2v) is 9.48. The molecule has 1 amide bonds. The van der Waals surface area contributed by atoms with Crippen molar-refractivity contribution < 1.29 is 17.6 Å². The SMILES string of the molecule is Cc1ccc(CSCCNC(=O)C(C)N(c2ccccc2F)S(C)(=O)=O)cc1. The van der Waals surface area contributed by atoms with Crippen LogP contribution in [0.1, 0.15) is 18.1 Å². The molecule has 2 aromatic rings. The molecule has 28 heavy (non-hydrogen) atoms. The Morgan fingerprint density at radius 3 is 2.43 bits per heavy atom. The van der Waals surface area contributed by atoms with Gasteiger partial charge in [-0.05, 0) is 31.5 Å². The quantitative estimate of drug-likeness (QED) is 0.627. The first-order valence-electron chi connectivity index (χ1n) is 8.85. The first kappa shape index (κ1) is 22.2. The summed E-state index contributed by atoms with van der Waals surface area (Å²) in [6, 6.07) is 12.7. The van der Waals surface area contributed by atoms with E-state index in [9.17, 15) is 17.6 Å². The number of benzene rings is 2. The molecule has 2 aromatic carbocycles.